The smallest absolute Gasteiger partial charge is 0.246 e. The number of thiophene rings is 1. The van der Waals surface area contributed by atoms with Crippen LogP contribution in [0.5, 0.6) is 0 Å². The topological polar surface area (TPSA) is 92.4 Å². The molecule has 3 heterocycles. The normalized spacial score (nSPS) is 19.9. The molecule has 31 heavy (non-hydrogen) atoms. The molecule has 1 fully saturated rings. The molecule has 2 N–H and O–H groups in total. The number of anilines is 1. The van der Waals surface area contributed by atoms with Crippen molar-refractivity contribution in [2.75, 3.05) is 18.8 Å². The minimum Gasteiger partial charge on any atom is -0.383 e. The van der Waals surface area contributed by atoms with Crippen molar-refractivity contribution in [2.24, 2.45) is 0 Å². The van der Waals surface area contributed by atoms with Crippen LogP contribution in [0.2, 0.25) is 0 Å². The number of aldehydes is 1. The summed E-state index contributed by atoms with van der Waals surface area (Å²) >= 11 is 4.98. The van der Waals surface area contributed by atoms with Crippen molar-refractivity contribution in [1.82, 2.24) is 19.8 Å². The lowest BCUT2D eigenvalue weighted by molar-refractivity contribution is -0.134. The number of carbonyl (C=O) groups is 2. The Balaban J connectivity index is 1.46. The van der Waals surface area contributed by atoms with E-state index in [1.807, 2.05) is 42.6 Å². The van der Waals surface area contributed by atoms with Gasteiger partial charge in [-0.05, 0) is 52.7 Å². The third-order valence-electron chi connectivity index (χ3n) is 5.55. The maximum absolute atomic E-state index is 12.8. The van der Waals surface area contributed by atoms with E-state index in [1.54, 1.807) is 22.3 Å². The highest BCUT2D eigenvalue weighted by Crippen LogP contribution is 2.24. The SMILES string of the molecule is C[C@H]1C(C=O)N(Cc2ccc3c(N)ncnc3c2)CCN1C(=O)C=Cc1cc(Br)cs1. The molecule has 1 aromatic carbocycles. The van der Waals surface area contributed by atoms with E-state index in [4.69, 9.17) is 5.73 Å². The molecule has 1 unspecified atom stereocenters. The first-order chi connectivity index (χ1) is 15.0. The number of hydrogen-bond donors (Lipinski definition) is 1. The average molecular weight is 500 g/mol. The Morgan fingerprint density at radius 2 is 2.16 bits per heavy atom. The van der Waals surface area contributed by atoms with Crippen molar-refractivity contribution in [3.63, 3.8) is 0 Å². The van der Waals surface area contributed by atoms with Crippen LogP contribution >= 0.6 is 27.3 Å². The Morgan fingerprint density at radius 3 is 2.90 bits per heavy atom. The van der Waals surface area contributed by atoms with Gasteiger partial charge in [-0.2, -0.15) is 0 Å². The number of piperazine rings is 1. The van der Waals surface area contributed by atoms with Crippen LogP contribution in [-0.2, 0) is 16.1 Å². The largest absolute Gasteiger partial charge is 0.383 e. The Hall–Kier alpha value is -2.62. The Kier molecular flexibility index (Phi) is 6.45. The summed E-state index contributed by atoms with van der Waals surface area (Å²) in [7, 11) is 0. The number of rotatable bonds is 5. The van der Waals surface area contributed by atoms with Crippen LogP contribution in [0.3, 0.4) is 0 Å². The second kappa shape index (κ2) is 9.25. The number of halogens is 1. The first-order valence-corrected chi connectivity index (χ1v) is 11.5. The number of nitrogen functional groups attached to an aromatic ring is 1. The van der Waals surface area contributed by atoms with Crippen LogP contribution in [0.25, 0.3) is 17.0 Å². The number of nitrogens with two attached hydrogens (primary N) is 1. The minimum absolute atomic E-state index is 0.0820. The van der Waals surface area contributed by atoms with Crippen LogP contribution in [-0.4, -0.2) is 57.1 Å². The van der Waals surface area contributed by atoms with E-state index >= 15 is 0 Å². The van der Waals surface area contributed by atoms with Crippen LogP contribution in [0.1, 0.15) is 17.4 Å². The van der Waals surface area contributed by atoms with Crippen molar-refractivity contribution in [2.45, 2.75) is 25.6 Å². The quantitative estimate of drug-likeness (QED) is 0.427. The first kappa shape index (κ1) is 21.6. The number of benzene rings is 1. The van der Waals surface area contributed by atoms with E-state index in [2.05, 4.69) is 30.8 Å². The van der Waals surface area contributed by atoms with E-state index in [1.165, 1.54) is 6.33 Å². The van der Waals surface area contributed by atoms with Gasteiger partial charge in [0.05, 0.1) is 17.6 Å². The zero-order valence-electron chi connectivity index (χ0n) is 16.9. The van der Waals surface area contributed by atoms with Gasteiger partial charge in [-0.3, -0.25) is 9.69 Å². The molecule has 160 valence electrons. The number of hydrogen-bond acceptors (Lipinski definition) is 7. The molecule has 1 saturated heterocycles. The highest BCUT2D eigenvalue weighted by atomic mass is 79.9. The van der Waals surface area contributed by atoms with Gasteiger partial charge in [0.25, 0.3) is 0 Å². The van der Waals surface area contributed by atoms with Gasteiger partial charge < -0.3 is 15.4 Å². The van der Waals surface area contributed by atoms with Crippen molar-refractivity contribution >= 4 is 62.3 Å². The van der Waals surface area contributed by atoms with Crippen LogP contribution in [0, 0.1) is 0 Å². The Morgan fingerprint density at radius 1 is 1.32 bits per heavy atom. The standard InChI is InChI=1S/C22H22BrN5O2S/c1-14-20(11-29)27(10-15-2-4-18-19(8-15)25-13-26-22(18)24)6-7-28(14)21(30)5-3-17-9-16(23)12-31-17/h2-5,8-9,11-14,20H,6-7,10H2,1H3,(H2,24,25,26)/t14-,20?/m0/s1. The predicted octanol–water partition coefficient (Wildman–Crippen LogP) is 3.35. The first-order valence-electron chi connectivity index (χ1n) is 9.87. The van der Waals surface area contributed by atoms with E-state index < -0.39 is 0 Å². The van der Waals surface area contributed by atoms with Crippen molar-refractivity contribution in [3.05, 3.63) is 57.0 Å². The average Bonchev–Trinajstić information content (AvgIpc) is 3.17. The van der Waals surface area contributed by atoms with Gasteiger partial charge in [-0.25, -0.2) is 9.97 Å². The van der Waals surface area contributed by atoms with Gasteiger partial charge in [0.1, 0.15) is 18.4 Å². The number of nitrogens with zero attached hydrogens (tertiary/aromatic N) is 4. The third-order valence-corrected chi connectivity index (χ3v) is 7.21. The van der Waals surface area contributed by atoms with Gasteiger partial charge in [0.2, 0.25) is 5.91 Å². The molecule has 0 aliphatic carbocycles. The molecule has 2 atom stereocenters. The highest BCUT2D eigenvalue weighted by molar-refractivity contribution is 9.10. The van der Waals surface area contributed by atoms with Gasteiger partial charge in [0.15, 0.2) is 0 Å². The van der Waals surface area contributed by atoms with Crippen molar-refractivity contribution in [1.29, 1.82) is 0 Å². The summed E-state index contributed by atoms with van der Waals surface area (Å²) in [6, 6.07) is 7.22. The monoisotopic (exact) mass is 499 g/mol. The molecular weight excluding hydrogens is 478 g/mol. The third kappa shape index (κ3) is 4.68. The zero-order chi connectivity index (χ0) is 22.0. The maximum Gasteiger partial charge on any atom is 0.246 e. The summed E-state index contributed by atoms with van der Waals surface area (Å²) in [4.78, 5) is 37.9. The number of amides is 1. The lowest BCUT2D eigenvalue weighted by atomic mass is 10.0. The van der Waals surface area contributed by atoms with E-state index in [9.17, 15) is 9.59 Å². The van der Waals surface area contributed by atoms with Crippen LogP contribution in [0.15, 0.2) is 46.5 Å². The van der Waals surface area contributed by atoms with Gasteiger partial charge in [-0.15, -0.1) is 11.3 Å². The summed E-state index contributed by atoms with van der Waals surface area (Å²) in [6.45, 7) is 3.69. The summed E-state index contributed by atoms with van der Waals surface area (Å²) in [5.41, 5.74) is 7.72. The van der Waals surface area contributed by atoms with Gasteiger partial charge in [-0.1, -0.05) is 6.07 Å². The molecule has 9 heteroatoms. The maximum atomic E-state index is 12.8. The fourth-order valence-corrected chi connectivity index (χ4v) is 5.23. The number of aromatic nitrogens is 2. The number of carbonyl (C=O) groups excluding carboxylic acids is 2. The van der Waals surface area contributed by atoms with Crippen LogP contribution in [0.4, 0.5) is 5.82 Å². The predicted molar refractivity (Wildman–Crippen MR) is 126 cm³/mol. The van der Waals surface area contributed by atoms with Gasteiger partial charge in [0, 0.05) is 45.8 Å². The molecule has 1 aliphatic heterocycles. The second-order valence-electron chi connectivity index (χ2n) is 7.48. The summed E-state index contributed by atoms with van der Waals surface area (Å²) < 4.78 is 0.996. The summed E-state index contributed by atoms with van der Waals surface area (Å²) in [5.74, 6) is 0.368. The van der Waals surface area contributed by atoms with Crippen molar-refractivity contribution in [3.8, 4) is 0 Å². The fourth-order valence-electron chi connectivity index (χ4n) is 3.89. The molecule has 0 bridgehead atoms. The molecule has 4 rings (SSSR count). The summed E-state index contributed by atoms with van der Waals surface area (Å²) in [5, 5.41) is 2.78. The highest BCUT2D eigenvalue weighted by Gasteiger charge is 2.35. The van der Waals surface area contributed by atoms with Gasteiger partial charge >= 0.3 is 0 Å². The van der Waals surface area contributed by atoms with E-state index in [0.717, 1.165) is 32.1 Å². The molecule has 1 aliphatic rings. The lowest BCUT2D eigenvalue weighted by Crippen LogP contribution is -2.60. The number of fused-ring (bicyclic) bond motifs is 1. The molecule has 0 radical (unpaired) electrons. The Labute approximate surface area is 192 Å². The summed E-state index contributed by atoms with van der Waals surface area (Å²) in [6.07, 6.45) is 5.78. The van der Waals surface area contributed by atoms with Crippen LogP contribution < -0.4 is 5.73 Å². The molecule has 3 aromatic rings. The van der Waals surface area contributed by atoms with Crippen molar-refractivity contribution < 1.29 is 9.59 Å². The Bertz CT molecular complexity index is 1150. The molecular formula is C22H22BrN5O2S. The molecule has 0 saturated carbocycles. The minimum atomic E-state index is -0.381. The molecule has 1 amide bonds. The van der Waals surface area contributed by atoms with E-state index in [0.29, 0.717) is 25.5 Å². The lowest BCUT2D eigenvalue weighted by Gasteiger charge is -2.43. The second-order valence-corrected chi connectivity index (χ2v) is 9.34. The fraction of sp³-hybridized carbons (Fsp3) is 0.273. The molecule has 2 aromatic heterocycles. The zero-order valence-corrected chi connectivity index (χ0v) is 19.3. The molecule has 7 nitrogen and oxygen atoms in total. The molecule has 0 spiro atoms. The van der Waals surface area contributed by atoms with E-state index in [-0.39, 0.29) is 18.0 Å².